The topological polar surface area (TPSA) is 58.6 Å². The third kappa shape index (κ3) is 4.78. The van der Waals surface area contributed by atoms with Crippen LogP contribution in [0.15, 0.2) is 28.7 Å². The molecule has 26 heavy (non-hydrogen) atoms. The van der Waals surface area contributed by atoms with Gasteiger partial charge < -0.3 is 10.1 Å². The summed E-state index contributed by atoms with van der Waals surface area (Å²) in [5.41, 5.74) is 0.685. The molecule has 0 spiro atoms. The molecular formula is C20H27BrN2O3. The van der Waals surface area contributed by atoms with Gasteiger partial charge in [-0.3, -0.25) is 9.69 Å². The average molecular weight is 423 g/mol. The van der Waals surface area contributed by atoms with Gasteiger partial charge in [-0.15, -0.1) is 0 Å². The molecule has 1 saturated carbocycles. The summed E-state index contributed by atoms with van der Waals surface area (Å²) in [4.78, 5) is 26.9. The van der Waals surface area contributed by atoms with Crippen LogP contribution in [-0.4, -0.2) is 41.1 Å². The van der Waals surface area contributed by atoms with Gasteiger partial charge in [-0.1, -0.05) is 28.1 Å². The molecule has 142 valence electrons. The number of amides is 2. The van der Waals surface area contributed by atoms with E-state index < -0.39 is 17.7 Å². The summed E-state index contributed by atoms with van der Waals surface area (Å²) in [5, 5.41) is 3.13. The molecule has 0 radical (unpaired) electrons. The molecule has 1 aliphatic carbocycles. The molecule has 1 heterocycles. The van der Waals surface area contributed by atoms with Crippen LogP contribution in [0.25, 0.3) is 0 Å². The van der Waals surface area contributed by atoms with Crippen molar-refractivity contribution < 1.29 is 14.3 Å². The van der Waals surface area contributed by atoms with Gasteiger partial charge in [0, 0.05) is 23.0 Å². The molecule has 2 amide bonds. The van der Waals surface area contributed by atoms with Crippen LogP contribution < -0.4 is 5.32 Å². The lowest BCUT2D eigenvalue weighted by Gasteiger charge is -2.35. The van der Waals surface area contributed by atoms with E-state index >= 15 is 0 Å². The molecule has 2 fully saturated rings. The molecule has 0 aromatic heterocycles. The predicted molar refractivity (Wildman–Crippen MR) is 104 cm³/mol. The van der Waals surface area contributed by atoms with Crippen molar-refractivity contribution in [1.29, 1.82) is 0 Å². The molecule has 1 aliphatic heterocycles. The number of nitrogens with one attached hydrogen (secondary N) is 1. The Bertz CT molecular complexity index is 669. The molecular weight excluding hydrogens is 396 g/mol. The molecule has 1 saturated heterocycles. The first-order valence-electron chi connectivity index (χ1n) is 9.30. The van der Waals surface area contributed by atoms with Crippen LogP contribution in [0.2, 0.25) is 0 Å². The summed E-state index contributed by atoms with van der Waals surface area (Å²) in [6.07, 6.45) is 3.12. The van der Waals surface area contributed by atoms with Gasteiger partial charge in [0.05, 0.1) is 0 Å². The molecule has 3 rings (SSSR count). The number of benzene rings is 1. The van der Waals surface area contributed by atoms with Gasteiger partial charge in [-0.05, 0) is 64.2 Å². The second kappa shape index (κ2) is 7.59. The van der Waals surface area contributed by atoms with Gasteiger partial charge in [-0.2, -0.15) is 0 Å². The predicted octanol–water partition coefficient (Wildman–Crippen LogP) is 4.21. The number of likely N-dealkylation sites (tertiary alicyclic amines) is 1. The molecule has 6 heteroatoms. The largest absolute Gasteiger partial charge is 0.444 e. The number of rotatable bonds is 3. The van der Waals surface area contributed by atoms with Crippen molar-refractivity contribution in [3.63, 3.8) is 0 Å². The highest BCUT2D eigenvalue weighted by atomic mass is 79.9. The summed E-state index contributed by atoms with van der Waals surface area (Å²) >= 11 is 3.44. The van der Waals surface area contributed by atoms with Crippen LogP contribution in [0.4, 0.5) is 4.79 Å². The van der Waals surface area contributed by atoms with Gasteiger partial charge in [0.1, 0.15) is 11.6 Å². The SMILES string of the molecule is CC(C)(C)OC(=O)N1CCCC[C@H]1C(=O)N[C@H]1C[C@H]1c1ccc(Br)cc1. The van der Waals surface area contributed by atoms with Crippen molar-refractivity contribution in [2.75, 3.05) is 6.54 Å². The minimum atomic E-state index is -0.557. The number of carbonyl (C=O) groups excluding carboxylic acids is 2. The number of carbonyl (C=O) groups is 2. The van der Waals surface area contributed by atoms with Gasteiger partial charge in [0.2, 0.25) is 5.91 Å². The van der Waals surface area contributed by atoms with Crippen molar-refractivity contribution in [3.05, 3.63) is 34.3 Å². The van der Waals surface area contributed by atoms with Gasteiger partial charge >= 0.3 is 6.09 Å². The van der Waals surface area contributed by atoms with Crippen LogP contribution in [0, 0.1) is 0 Å². The third-order valence-corrected chi connectivity index (χ3v) is 5.38. The summed E-state index contributed by atoms with van der Waals surface area (Å²) in [5.74, 6) is 0.311. The lowest BCUT2D eigenvalue weighted by atomic mass is 10.0. The summed E-state index contributed by atoms with van der Waals surface area (Å²) in [6.45, 7) is 6.11. The van der Waals surface area contributed by atoms with Crippen LogP contribution >= 0.6 is 15.9 Å². The first-order chi connectivity index (χ1) is 12.2. The Kier molecular flexibility index (Phi) is 5.61. The fourth-order valence-electron chi connectivity index (χ4n) is 3.46. The Morgan fingerprint density at radius 1 is 1.19 bits per heavy atom. The first kappa shape index (κ1) is 19.2. The number of piperidine rings is 1. The third-order valence-electron chi connectivity index (χ3n) is 4.85. The standard InChI is InChI=1S/C20H27BrN2O3/c1-20(2,3)26-19(25)23-11-5-4-6-17(23)18(24)22-16-12-15(16)13-7-9-14(21)10-8-13/h7-10,15-17H,4-6,11-12H2,1-3H3,(H,22,24)/t15-,16-,17-/m0/s1. The maximum Gasteiger partial charge on any atom is 0.410 e. The zero-order chi connectivity index (χ0) is 18.9. The molecule has 3 atom stereocenters. The Morgan fingerprint density at radius 2 is 1.88 bits per heavy atom. The smallest absolute Gasteiger partial charge is 0.410 e. The van der Waals surface area contributed by atoms with E-state index in [1.807, 2.05) is 32.9 Å². The minimum absolute atomic E-state index is 0.0554. The van der Waals surface area contributed by atoms with Gasteiger partial charge in [0.15, 0.2) is 0 Å². The quantitative estimate of drug-likeness (QED) is 0.793. The van der Waals surface area contributed by atoms with E-state index in [-0.39, 0.29) is 11.9 Å². The minimum Gasteiger partial charge on any atom is -0.444 e. The monoisotopic (exact) mass is 422 g/mol. The van der Waals surface area contributed by atoms with E-state index in [0.29, 0.717) is 18.9 Å². The van der Waals surface area contributed by atoms with Crippen molar-refractivity contribution in [3.8, 4) is 0 Å². The molecule has 1 aromatic rings. The van der Waals surface area contributed by atoms with Crippen molar-refractivity contribution in [2.24, 2.45) is 0 Å². The van der Waals surface area contributed by atoms with Crippen molar-refractivity contribution in [2.45, 2.75) is 70.1 Å². The van der Waals surface area contributed by atoms with E-state index in [1.165, 1.54) is 5.56 Å². The summed E-state index contributed by atoms with van der Waals surface area (Å²) in [6, 6.07) is 7.97. The second-order valence-electron chi connectivity index (χ2n) is 8.19. The van der Waals surface area contributed by atoms with E-state index in [4.69, 9.17) is 4.74 Å². The highest BCUT2D eigenvalue weighted by molar-refractivity contribution is 9.10. The zero-order valence-electron chi connectivity index (χ0n) is 15.6. The summed E-state index contributed by atoms with van der Waals surface area (Å²) < 4.78 is 6.54. The normalized spacial score (nSPS) is 25.5. The van der Waals surface area contributed by atoms with E-state index in [1.54, 1.807) is 4.90 Å². The highest BCUT2D eigenvalue weighted by Crippen LogP contribution is 2.41. The molecule has 1 N–H and O–H groups in total. The van der Waals surface area contributed by atoms with E-state index in [2.05, 4.69) is 33.4 Å². The average Bonchev–Trinajstić information content (AvgIpc) is 3.33. The van der Waals surface area contributed by atoms with Crippen LogP contribution in [0.5, 0.6) is 0 Å². The number of hydrogen-bond donors (Lipinski definition) is 1. The van der Waals surface area contributed by atoms with Crippen LogP contribution in [-0.2, 0) is 9.53 Å². The lowest BCUT2D eigenvalue weighted by Crippen LogP contribution is -2.53. The Morgan fingerprint density at radius 3 is 2.54 bits per heavy atom. The summed E-state index contributed by atoms with van der Waals surface area (Å²) in [7, 11) is 0. The Hall–Kier alpha value is -1.56. The number of halogens is 1. The first-order valence-corrected chi connectivity index (χ1v) is 10.1. The Balaban J connectivity index is 1.59. The fourth-order valence-corrected chi connectivity index (χ4v) is 3.72. The van der Waals surface area contributed by atoms with Crippen LogP contribution in [0.3, 0.4) is 0 Å². The molecule has 0 bridgehead atoms. The zero-order valence-corrected chi connectivity index (χ0v) is 17.2. The second-order valence-corrected chi connectivity index (χ2v) is 9.11. The lowest BCUT2D eigenvalue weighted by molar-refractivity contribution is -0.127. The van der Waals surface area contributed by atoms with Crippen LogP contribution in [0.1, 0.15) is 57.9 Å². The molecule has 1 aromatic carbocycles. The van der Waals surface area contributed by atoms with E-state index in [0.717, 1.165) is 23.7 Å². The number of ether oxygens (including phenoxy) is 1. The number of nitrogens with zero attached hydrogens (tertiary/aromatic N) is 1. The van der Waals surface area contributed by atoms with Crippen molar-refractivity contribution >= 4 is 27.9 Å². The fraction of sp³-hybridized carbons (Fsp3) is 0.600. The Labute approximate surface area is 163 Å². The van der Waals surface area contributed by atoms with Crippen molar-refractivity contribution in [1.82, 2.24) is 10.2 Å². The van der Waals surface area contributed by atoms with Gasteiger partial charge in [-0.25, -0.2) is 4.79 Å². The molecule has 0 unspecified atom stereocenters. The molecule has 5 nitrogen and oxygen atoms in total. The highest BCUT2D eigenvalue weighted by Gasteiger charge is 2.42. The molecule has 2 aliphatic rings. The van der Waals surface area contributed by atoms with E-state index in [9.17, 15) is 9.59 Å². The number of hydrogen-bond acceptors (Lipinski definition) is 3. The van der Waals surface area contributed by atoms with Gasteiger partial charge in [0.25, 0.3) is 0 Å². The maximum absolute atomic E-state index is 12.8. The maximum atomic E-state index is 12.8.